The van der Waals surface area contributed by atoms with Crippen molar-refractivity contribution in [3.8, 4) is 0 Å². The SMILES string of the molecule is CC(=CC(=O)O)c1ccc(C)cc1C.Cl. The first-order valence-corrected chi connectivity index (χ1v) is 4.49. The van der Waals surface area contributed by atoms with Crippen molar-refractivity contribution in [2.45, 2.75) is 20.8 Å². The molecule has 1 rings (SSSR count). The van der Waals surface area contributed by atoms with Crippen LogP contribution in [0.3, 0.4) is 0 Å². The van der Waals surface area contributed by atoms with Crippen molar-refractivity contribution in [1.29, 1.82) is 0 Å². The number of aryl methyl sites for hydroxylation is 2. The second kappa shape index (κ2) is 5.56. The summed E-state index contributed by atoms with van der Waals surface area (Å²) in [6.45, 7) is 5.82. The fraction of sp³-hybridized carbons (Fsp3) is 0.250. The Labute approximate surface area is 96.0 Å². The van der Waals surface area contributed by atoms with Gasteiger partial charge in [0.2, 0.25) is 0 Å². The molecule has 1 aromatic rings. The summed E-state index contributed by atoms with van der Waals surface area (Å²) in [4.78, 5) is 10.5. The van der Waals surface area contributed by atoms with Crippen molar-refractivity contribution in [2.24, 2.45) is 0 Å². The average molecular weight is 227 g/mol. The lowest BCUT2D eigenvalue weighted by Gasteiger charge is -2.06. The minimum Gasteiger partial charge on any atom is -0.478 e. The molecule has 0 aromatic heterocycles. The molecule has 0 aliphatic heterocycles. The lowest BCUT2D eigenvalue weighted by molar-refractivity contribution is -0.131. The van der Waals surface area contributed by atoms with Crippen LogP contribution in [0.5, 0.6) is 0 Å². The van der Waals surface area contributed by atoms with E-state index in [2.05, 4.69) is 6.07 Å². The molecule has 0 spiro atoms. The maximum Gasteiger partial charge on any atom is 0.328 e. The second-order valence-electron chi connectivity index (χ2n) is 3.48. The summed E-state index contributed by atoms with van der Waals surface area (Å²) >= 11 is 0. The predicted octanol–water partition coefficient (Wildman–Crippen LogP) is 3.21. The zero-order valence-corrected chi connectivity index (χ0v) is 9.89. The molecule has 0 aliphatic carbocycles. The van der Waals surface area contributed by atoms with Gasteiger partial charge in [0.1, 0.15) is 0 Å². The van der Waals surface area contributed by atoms with Gasteiger partial charge >= 0.3 is 5.97 Å². The summed E-state index contributed by atoms with van der Waals surface area (Å²) in [5.74, 6) is -0.900. The molecule has 0 saturated heterocycles. The summed E-state index contributed by atoms with van der Waals surface area (Å²) in [5.41, 5.74) is 4.09. The number of carboxylic acids is 1. The van der Waals surface area contributed by atoms with E-state index >= 15 is 0 Å². The molecule has 0 aliphatic rings. The van der Waals surface area contributed by atoms with Crippen LogP contribution in [0.15, 0.2) is 24.3 Å². The lowest BCUT2D eigenvalue weighted by atomic mass is 10.00. The maximum absolute atomic E-state index is 10.5. The fourth-order valence-electron chi connectivity index (χ4n) is 1.52. The summed E-state index contributed by atoms with van der Waals surface area (Å²) in [7, 11) is 0. The van der Waals surface area contributed by atoms with Gasteiger partial charge in [0.15, 0.2) is 0 Å². The zero-order chi connectivity index (χ0) is 10.7. The number of hydrogen-bond donors (Lipinski definition) is 1. The van der Waals surface area contributed by atoms with Crippen LogP contribution in [0.4, 0.5) is 0 Å². The van der Waals surface area contributed by atoms with Crippen molar-refractivity contribution in [2.75, 3.05) is 0 Å². The molecule has 0 saturated carbocycles. The molecule has 0 heterocycles. The van der Waals surface area contributed by atoms with E-state index in [0.29, 0.717) is 0 Å². The molecule has 0 bridgehead atoms. The van der Waals surface area contributed by atoms with Crippen LogP contribution in [0, 0.1) is 13.8 Å². The third-order valence-corrected chi connectivity index (χ3v) is 2.15. The molecule has 1 N–H and O–H groups in total. The van der Waals surface area contributed by atoms with Crippen molar-refractivity contribution in [1.82, 2.24) is 0 Å². The highest BCUT2D eigenvalue weighted by atomic mass is 35.5. The van der Waals surface area contributed by atoms with E-state index in [9.17, 15) is 4.79 Å². The Kier molecular flexibility index (Phi) is 5.09. The zero-order valence-electron chi connectivity index (χ0n) is 9.07. The van der Waals surface area contributed by atoms with E-state index in [1.54, 1.807) is 0 Å². The number of carbonyl (C=O) groups is 1. The van der Waals surface area contributed by atoms with Gasteiger partial charge in [-0.3, -0.25) is 0 Å². The first-order chi connectivity index (χ1) is 6.50. The number of rotatable bonds is 2. The van der Waals surface area contributed by atoms with Gasteiger partial charge in [-0.25, -0.2) is 4.79 Å². The molecular formula is C12H15ClO2. The molecule has 0 unspecified atom stereocenters. The number of hydrogen-bond acceptors (Lipinski definition) is 1. The van der Waals surface area contributed by atoms with Gasteiger partial charge in [-0.05, 0) is 37.5 Å². The molecule has 15 heavy (non-hydrogen) atoms. The Morgan fingerprint density at radius 2 is 1.93 bits per heavy atom. The number of benzene rings is 1. The predicted molar refractivity (Wildman–Crippen MR) is 64.5 cm³/mol. The van der Waals surface area contributed by atoms with Crippen molar-refractivity contribution in [3.05, 3.63) is 41.0 Å². The quantitative estimate of drug-likeness (QED) is 0.787. The smallest absolute Gasteiger partial charge is 0.328 e. The second-order valence-corrected chi connectivity index (χ2v) is 3.48. The number of carboxylic acid groups (broad SMARTS) is 1. The molecule has 3 heteroatoms. The first-order valence-electron chi connectivity index (χ1n) is 4.49. The number of allylic oxidation sites excluding steroid dienone is 1. The van der Waals surface area contributed by atoms with E-state index in [1.165, 1.54) is 11.6 Å². The first kappa shape index (κ1) is 13.7. The maximum atomic E-state index is 10.5. The van der Waals surface area contributed by atoms with Gasteiger partial charge in [0.05, 0.1) is 0 Å². The van der Waals surface area contributed by atoms with Gasteiger partial charge < -0.3 is 5.11 Å². The lowest BCUT2D eigenvalue weighted by Crippen LogP contribution is -1.92. The minimum absolute atomic E-state index is 0. The molecule has 0 fully saturated rings. The molecule has 0 atom stereocenters. The molecule has 0 amide bonds. The van der Waals surface area contributed by atoms with Crippen LogP contribution in [-0.4, -0.2) is 11.1 Å². The van der Waals surface area contributed by atoms with E-state index in [1.807, 2.05) is 32.9 Å². The van der Waals surface area contributed by atoms with Gasteiger partial charge in [0.25, 0.3) is 0 Å². The van der Waals surface area contributed by atoms with E-state index in [-0.39, 0.29) is 12.4 Å². The Morgan fingerprint density at radius 3 is 2.40 bits per heavy atom. The highest BCUT2D eigenvalue weighted by Crippen LogP contribution is 2.19. The Bertz CT molecular complexity index is 395. The molecule has 82 valence electrons. The summed E-state index contributed by atoms with van der Waals surface area (Å²) in [6.07, 6.45) is 1.23. The van der Waals surface area contributed by atoms with Gasteiger partial charge in [-0.2, -0.15) is 0 Å². The van der Waals surface area contributed by atoms with Crippen molar-refractivity contribution >= 4 is 23.9 Å². The Hall–Kier alpha value is -1.28. The highest BCUT2D eigenvalue weighted by molar-refractivity contribution is 5.89. The molecule has 0 radical (unpaired) electrons. The van der Waals surface area contributed by atoms with Crippen LogP contribution < -0.4 is 0 Å². The molecular weight excluding hydrogens is 212 g/mol. The highest BCUT2D eigenvalue weighted by Gasteiger charge is 2.02. The summed E-state index contributed by atoms with van der Waals surface area (Å²) < 4.78 is 0. The average Bonchev–Trinajstić information content (AvgIpc) is 2.01. The van der Waals surface area contributed by atoms with Gasteiger partial charge in [0, 0.05) is 6.08 Å². The van der Waals surface area contributed by atoms with Crippen LogP contribution in [-0.2, 0) is 4.79 Å². The van der Waals surface area contributed by atoms with Gasteiger partial charge in [-0.15, -0.1) is 12.4 Å². The molecule has 2 nitrogen and oxygen atoms in total. The van der Waals surface area contributed by atoms with Crippen LogP contribution in [0.25, 0.3) is 5.57 Å². The third kappa shape index (κ3) is 3.76. The van der Waals surface area contributed by atoms with E-state index in [0.717, 1.165) is 16.7 Å². The normalized spacial score (nSPS) is 10.7. The summed E-state index contributed by atoms with van der Waals surface area (Å²) in [6, 6.07) is 6.00. The fourth-order valence-corrected chi connectivity index (χ4v) is 1.52. The standard InChI is InChI=1S/C12H14O2.ClH/c1-8-4-5-11(9(2)6-8)10(3)7-12(13)14;/h4-7H,1-3H3,(H,13,14);1H. The van der Waals surface area contributed by atoms with Crippen LogP contribution in [0.1, 0.15) is 23.6 Å². The topological polar surface area (TPSA) is 37.3 Å². The number of halogens is 1. The summed E-state index contributed by atoms with van der Waals surface area (Å²) in [5, 5.41) is 8.61. The number of aliphatic carboxylic acids is 1. The van der Waals surface area contributed by atoms with Crippen molar-refractivity contribution in [3.63, 3.8) is 0 Å². The van der Waals surface area contributed by atoms with E-state index < -0.39 is 5.97 Å². The van der Waals surface area contributed by atoms with Crippen LogP contribution >= 0.6 is 12.4 Å². The Balaban J connectivity index is 0.00000196. The molecule has 1 aromatic carbocycles. The minimum atomic E-state index is -0.900. The monoisotopic (exact) mass is 226 g/mol. The van der Waals surface area contributed by atoms with Crippen LogP contribution in [0.2, 0.25) is 0 Å². The third-order valence-electron chi connectivity index (χ3n) is 2.15. The Morgan fingerprint density at radius 1 is 1.33 bits per heavy atom. The largest absolute Gasteiger partial charge is 0.478 e. The van der Waals surface area contributed by atoms with Gasteiger partial charge in [-0.1, -0.05) is 23.8 Å². The van der Waals surface area contributed by atoms with E-state index in [4.69, 9.17) is 5.11 Å². The van der Waals surface area contributed by atoms with Crippen molar-refractivity contribution < 1.29 is 9.90 Å².